The number of aryl methyl sites for hydroxylation is 2. The standard InChI is InChI=1S/C17H21N5O4S/c1-4-6-7-26-17-12(8-11(9-18-17)27(24)25)15-20-16(23)14-10(3)19-13(5-2)22(14)21-15/h8-9H,4-7H2,1-3H3,(H,24,25)(H,20,21,23). The molecule has 144 valence electrons. The summed E-state index contributed by atoms with van der Waals surface area (Å²) in [6, 6.07) is 1.45. The molecule has 0 bridgehead atoms. The molecule has 3 aromatic rings. The van der Waals surface area contributed by atoms with E-state index in [1.54, 1.807) is 6.92 Å². The lowest BCUT2D eigenvalue weighted by Crippen LogP contribution is -2.16. The van der Waals surface area contributed by atoms with Crippen LogP contribution in [-0.2, 0) is 17.5 Å². The van der Waals surface area contributed by atoms with Gasteiger partial charge in [0.05, 0.1) is 22.8 Å². The van der Waals surface area contributed by atoms with E-state index in [0.29, 0.717) is 35.6 Å². The van der Waals surface area contributed by atoms with E-state index < -0.39 is 11.1 Å². The van der Waals surface area contributed by atoms with Gasteiger partial charge in [0.25, 0.3) is 5.56 Å². The first-order valence-corrected chi connectivity index (χ1v) is 9.79. The van der Waals surface area contributed by atoms with Gasteiger partial charge in [0.2, 0.25) is 5.88 Å². The molecule has 0 radical (unpaired) electrons. The molecule has 0 aliphatic carbocycles. The van der Waals surface area contributed by atoms with Gasteiger partial charge < -0.3 is 14.3 Å². The molecular formula is C17H21N5O4S. The molecule has 0 aromatic carbocycles. The van der Waals surface area contributed by atoms with Crippen LogP contribution in [0.1, 0.15) is 38.2 Å². The first-order valence-electron chi connectivity index (χ1n) is 8.68. The van der Waals surface area contributed by atoms with Crippen molar-refractivity contribution in [2.45, 2.75) is 44.9 Å². The predicted octanol–water partition coefficient (Wildman–Crippen LogP) is 2.11. The Balaban J connectivity index is 2.20. The third kappa shape index (κ3) is 3.76. The number of aromatic amines is 1. The molecule has 0 fully saturated rings. The summed E-state index contributed by atoms with van der Waals surface area (Å²) >= 11 is -2.22. The molecule has 0 spiro atoms. The van der Waals surface area contributed by atoms with Crippen molar-refractivity contribution < 1.29 is 13.5 Å². The van der Waals surface area contributed by atoms with Crippen molar-refractivity contribution in [1.29, 1.82) is 0 Å². The fourth-order valence-electron chi connectivity index (χ4n) is 2.71. The summed E-state index contributed by atoms with van der Waals surface area (Å²) in [6.45, 7) is 6.15. The van der Waals surface area contributed by atoms with Crippen molar-refractivity contribution in [3.05, 3.63) is 34.1 Å². The minimum Gasteiger partial charge on any atom is -0.477 e. The average Bonchev–Trinajstić information content (AvgIpc) is 2.98. The molecule has 1 atom stereocenters. The SMILES string of the molecule is CCCCOc1ncc(S(=O)O)cc1-c1nn2c(CC)nc(C)c2c(=O)[nH]1. The van der Waals surface area contributed by atoms with E-state index in [2.05, 4.69) is 20.1 Å². The smallest absolute Gasteiger partial charge is 0.277 e. The lowest BCUT2D eigenvalue weighted by molar-refractivity contribution is 0.298. The van der Waals surface area contributed by atoms with Crippen molar-refractivity contribution in [3.8, 4) is 17.3 Å². The Hall–Kier alpha value is -2.59. The highest BCUT2D eigenvalue weighted by Crippen LogP contribution is 2.27. The van der Waals surface area contributed by atoms with Gasteiger partial charge >= 0.3 is 0 Å². The molecule has 1 unspecified atom stereocenters. The van der Waals surface area contributed by atoms with E-state index in [4.69, 9.17) is 4.74 Å². The molecule has 10 heteroatoms. The van der Waals surface area contributed by atoms with Crippen LogP contribution >= 0.6 is 0 Å². The van der Waals surface area contributed by atoms with Crippen LogP contribution in [0.15, 0.2) is 22.0 Å². The maximum atomic E-state index is 12.6. The van der Waals surface area contributed by atoms with Gasteiger partial charge in [0.15, 0.2) is 22.4 Å². The number of rotatable bonds is 7. The van der Waals surface area contributed by atoms with E-state index in [1.165, 1.54) is 16.8 Å². The summed E-state index contributed by atoms with van der Waals surface area (Å²) in [5.41, 5.74) is 0.965. The van der Waals surface area contributed by atoms with E-state index >= 15 is 0 Å². The lowest BCUT2D eigenvalue weighted by Gasteiger charge is -2.11. The van der Waals surface area contributed by atoms with Crippen molar-refractivity contribution in [1.82, 2.24) is 24.6 Å². The summed E-state index contributed by atoms with van der Waals surface area (Å²) in [5.74, 6) is 1.10. The molecule has 3 rings (SSSR count). The monoisotopic (exact) mass is 391 g/mol. The quantitative estimate of drug-likeness (QED) is 0.467. The van der Waals surface area contributed by atoms with Gasteiger partial charge in [-0.2, -0.15) is 0 Å². The molecule has 9 nitrogen and oxygen atoms in total. The lowest BCUT2D eigenvalue weighted by atomic mass is 10.2. The highest BCUT2D eigenvalue weighted by Gasteiger charge is 2.18. The predicted molar refractivity (Wildman–Crippen MR) is 100 cm³/mol. The maximum Gasteiger partial charge on any atom is 0.277 e. The highest BCUT2D eigenvalue weighted by molar-refractivity contribution is 7.79. The highest BCUT2D eigenvalue weighted by atomic mass is 32.2. The van der Waals surface area contributed by atoms with Crippen molar-refractivity contribution in [2.24, 2.45) is 0 Å². The number of nitrogens with one attached hydrogen (secondary N) is 1. The molecule has 0 amide bonds. The number of pyridine rings is 1. The Kier molecular flexibility index (Phi) is 5.66. The number of H-pyrrole nitrogens is 1. The topological polar surface area (TPSA) is 122 Å². The first kappa shape index (κ1) is 19.2. The Bertz CT molecular complexity index is 1060. The number of aromatic nitrogens is 5. The second kappa shape index (κ2) is 7.97. The molecule has 0 saturated heterocycles. The number of imidazole rings is 1. The van der Waals surface area contributed by atoms with E-state index in [9.17, 15) is 13.6 Å². The molecular weight excluding hydrogens is 370 g/mol. The molecule has 2 N–H and O–H groups in total. The number of fused-ring (bicyclic) bond motifs is 1. The van der Waals surface area contributed by atoms with Gasteiger partial charge in [-0.05, 0) is 19.4 Å². The van der Waals surface area contributed by atoms with E-state index in [1.807, 2.05) is 13.8 Å². The Morgan fingerprint density at radius 1 is 1.37 bits per heavy atom. The third-order valence-corrected chi connectivity index (χ3v) is 4.71. The minimum absolute atomic E-state index is 0.0908. The van der Waals surface area contributed by atoms with Crippen LogP contribution in [0, 0.1) is 6.92 Å². The van der Waals surface area contributed by atoms with Gasteiger partial charge in [0, 0.05) is 12.6 Å². The normalized spacial score (nSPS) is 12.4. The summed E-state index contributed by atoms with van der Waals surface area (Å²) in [5, 5.41) is 4.49. The number of hydrogen-bond acceptors (Lipinski definition) is 6. The number of hydrogen-bond donors (Lipinski definition) is 2. The van der Waals surface area contributed by atoms with Crippen LogP contribution in [0.25, 0.3) is 16.9 Å². The van der Waals surface area contributed by atoms with E-state index in [-0.39, 0.29) is 22.2 Å². The molecule has 0 saturated carbocycles. The van der Waals surface area contributed by atoms with Crippen LogP contribution in [0.2, 0.25) is 0 Å². The zero-order chi connectivity index (χ0) is 19.6. The van der Waals surface area contributed by atoms with Gasteiger partial charge in [-0.15, -0.1) is 5.10 Å². The Morgan fingerprint density at radius 2 is 2.15 bits per heavy atom. The second-order valence-electron chi connectivity index (χ2n) is 6.01. The van der Waals surface area contributed by atoms with Gasteiger partial charge in [0.1, 0.15) is 5.82 Å². The van der Waals surface area contributed by atoms with Crippen LogP contribution in [0.4, 0.5) is 0 Å². The maximum absolute atomic E-state index is 12.6. The van der Waals surface area contributed by atoms with Crippen LogP contribution < -0.4 is 10.3 Å². The molecule has 3 aromatic heterocycles. The first-order chi connectivity index (χ1) is 13.0. The van der Waals surface area contributed by atoms with E-state index in [0.717, 1.165) is 12.8 Å². The zero-order valence-electron chi connectivity index (χ0n) is 15.4. The van der Waals surface area contributed by atoms with Crippen LogP contribution in [0.3, 0.4) is 0 Å². The largest absolute Gasteiger partial charge is 0.477 e. The fraction of sp³-hybridized carbons (Fsp3) is 0.412. The summed E-state index contributed by atoms with van der Waals surface area (Å²) in [7, 11) is 0. The summed E-state index contributed by atoms with van der Waals surface area (Å²) in [4.78, 5) is 23.9. The van der Waals surface area contributed by atoms with Gasteiger partial charge in [-0.3, -0.25) is 4.79 Å². The van der Waals surface area contributed by atoms with Crippen LogP contribution in [-0.4, -0.2) is 39.9 Å². The number of ether oxygens (including phenoxy) is 1. The fourth-order valence-corrected chi connectivity index (χ4v) is 3.07. The Labute approximate surface area is 158 Å². The second-order valence-corrected chi connectivity index (χ2v) is 6.97. The molecule has 27 heavy (non-hydrogen) atoms. The molecule has 3 heterocycles. The number of nitrogens with zero attached hydrogens (tertiary/aromatic N) is 4. The number of unbranched alkanes of at least 4 members (excludes halogenated alkanes) is 1. The van der Waals surface area contributed by atoms with Crippen molar-refractivity contribution in [3.63, 3.8) is 0 Å². The third-order valence-electron chi connectivity index (χ3n) is 4.08. The molecule has 0 aliphatic rings. The van der Waals surface area contributed by atoms with Gasteiger partial charge in [-0.1, -0.05) is 20.3 Å². The summed E-state index contributed by atoms with van der Waals surface area (Å²) < 4.78 is 28.1. The minimum atomic E-state index is -2.22. The van der Waals surface area contributed by atoms with Crippen molar-refractivity contribution in [2.75, 3.05) is 6.61 Å². The van der Waals surface area contributed by atoms with Gasteiger partial charge in [-0.25, -0.2) is 18.7 Å². The average molecular weight is 391 g/mol. The Morgan fingerprint density at radius 3 is 2.81 bits per heavy atom. The van der Waals surface area contributed by atoms with Crippen molar-refractivity contribution >= 4 is 16.6 Å². The summed E-state index contributed by atoms with van der Waals surface area (Å²) in [6.07, 6.45) is 3.65. The molecule has 0 aliphatic heterocycles. The zero-order valence-corrected chi connectivity index (χ0v) is 16.2. The van der Waals surface area contributed by atoms with Crippen LogP contribution in [0.5, 0.6) is 5.88 Å².